The Morgan fingerprint density at radius 2 is 1.71 bits per heavy atom. The van der Waals surface area contributed by atoms with E-state index < -0.39 is 0 Å². The van der Waals surface area contributed by atoms with E-state index in [1.165, 1.54) is 14.2 Å². The van der Waals surface area contributed by atoms with Gasteiger partial charge in [0.15, 0.2) is 0 Å². The van der Waals surface area contributed by atoms with Gasteiger partial charge in [-0.05, 0) is 24.3 Å². The average molecular weight is 260 g/mol. The Morgan fingerprint density at radius 1 is 1.12 bits per heavy atom. The minimum atomic E-state index is -0.389. The van der Waals surface area contributed by atoms with E-state index in [4.69, 9.17) is 0 Å². The highest BCUT2D eigenvalue weighted by Crippen LogP contribution is 2.09. The smallest absolute Gasteiger partial charge is 0.337 e. The van der Waals surface area contributed by atoms with Gasteiger partial charge in [-0.2, -0.15) is 0 Å². The highest BCUT2D eigenvalue weighted by molar-refractivity contribution is 5.89. The third kappa shape index (κ3) is 4.74. The Hall–Kier alpha value is -1.75. The van der Waals surface area contributed by atoms with Crippen molar-refractivity contribution in [2.24, 2.45) is 0 Å². The lowest BCUT2D eigenvalue weighted by Crippen LogP contribution is -2.14. The third-order valence-corrected chi connectivity index (χ3v) is 1.97. The van der Waals surface area contributed by atoms with Crippen LogP contribution in [0.2, 0.25) is 0 Å². The minimum absolute atomic E-state index is 0. The monoisotopic (exact) mass is 259 g/mol. The summed E-state index contributed by atoms with van der Waals surface area (Å²) in [5, 5.41) is 2.85. The summed E-state index contributed by atoms with van der Waals surface area (Å²) < 4.78 is 9.03. The molecular weight excluding hydrogens is 246 g/mol. The standard InChI is InChI=1S/C11H13NO4.ClH/c1-15-10(13)7-12-9-5-3-8(4-6-9)11(14)16-2;/h3-6,12H,7H2,1-2H3;1H. The first-order valence-electron chi connectivity index (χ1n) is 4.66. The fourth-order valence-corrected chi connectivity index (χ4v) is 1.09. The van der Waals surface area contributed by atoms with E-state index >= 15 is 0 Å². The largest absolute Gasteiger partial charge is 0.468 e. The van der Waals surface area contributed by atoms with Gasteiger partial charge >= 0.3 is 11.9 Å². The number of hydrogen-bond donors (Lipinski definition) is 1. The summed E-state index contributed by atoms with van der Waals surface area (Å²) in [5.41, 5.74) is 1.20. The molecular formula is C11H14ClNO4. The van der Waals surface area contributed by atoms with E-state index in [1.807, 2.05) is 0 Å². The van der Waals surface area contributed by atoms with Gasteiger partial charge < -0.3 is 14.8 Å². The summed E-state index contributed by atoms with van der Waals surface area (Å²) in [5.74, 6) is -0.739. The molecule has 0 aliphatic heterocycles. The van der Waals surface area contributed by atoms with Crippen molar-refractivity contribution in [1.29, 1.82) is 0 Å². The zero-order valence-electron chi connectivity index (χ0n) is 9.56. The van der Waals surface area contributed by atoms with Crippen LogP contribution in [-0.4, -0.2) is 32.7 Å². The fourth-order valence-electron chi connectivity index (χ4n) is 1.09. The van der Waals surface area contributed by atoms with Crippen LogP contribution in [0.1, 0.15) is 10.4 Å². The number of anilines is 1. The Balaban J connectivity index is 0.00000256. The van der Waals surface area contributed by atoms with E-state index in [-0.39, 0.29) is 30.9 Å². The van der Waals surface area contributed by atoms with Crippen LogP contribution in [0, 0.1) is 0 Å². The lowest BCUT2D eigenvalue weighted by atomic mass is 10.2. The van der Waals surface area contributed by atoms with Gasteiger partial charge in [0, 0.05) is 5.69 Å². The van der Waals surface area contributed by atoms with Crippen molar-refractivity contribution in [2.75, 3.05) is 26.1 Å². The molecule has 6 heteroatoms. The number of esters is 2. The zero-order chi connectivity index (χ0) is 12.0. The first-order valence-corrected chi connectivity index (χ1v) is 4.66. The van der Waals surface area contributed by atoms with Crippen LogP contribution in [0.4, 0.5) is 5.69 Å². The molecule has 94 valence electrons. The lowest BCUT2D eigenvalue weighted by molar-refractivity contribution is -0.138. The van der Waals surface area contributed by atoms with Crippen molar-refractivity contribution in [3.05, 3.63) is 29.8 Å². The molecule has 1 aromatic carbocycles. The van der Waals surface area contributed by atoms with Crippen molar-refractivity contribution in [1.82, 2.24) is 0 Å². The Morgan fingerprint density at radius 3 is 2.18 bits per heavy atom. The van der Waals surface area contributed by atoms with Crippen molar-refractivity contribution in [3.8, 4) is 0 Å². The summed E-state index contributed by atoms with van der Waals surface area (Å²) in [4.78, 5) is 22.0. The highest BCUT2D eigenvalue weighted by Gasteiger charge is 2.04. The van der Waals surface area contributed by atoms with Crippen molar-refractivity contribution in [2.45, 2.75) is 0 Å². The van der Waals surface area contributed by atoms with Crippen LogP contribution in [-0.2, 0) is 14.3 Å². The Kier molecular flexibility index (Phi) is 6.74. The second-order valence-corrected chi connectivity index (χ2v) is 3.00. The summed E-state index contributed by atoms with van der Waals surface area (Å²) in [6.07, 6.45) is 0. The van der Waals surface area contributed by atoms with Crippen LogP contribution < -0.4 is 5.32 Å². The number of nitrogens with one attached hydrogen (secondary N) is 1. The van der Waals surface area contributed by atoms with Gasteiger partial charge in [0.1, 0.15) is 6.54 Å². The maximum atomic E-state index is 11.1. The number of carbonyl (C=O) groups excluding carboxylic acids is 2. The predicted octanol–water partition coefficient (Wildman–Crippen LogP) is 1.48. The van der Waals surface area contributed by atoms with Gasteiger partial charge in [-0.15, -0.1) is 12.4 Å². The van der Waals surface area contributed by atoms with Gasteiger partial charge in [0.25, 0.3) is 0 Å². The second kappa shape index (κ2) is 7.51. The van der Waals surface area contributed by atoms with Gasteiger partial charge in [-0.3, -0.25) is 4.79 Å². The van der Waals surface area contributed by atoms with Crippen LogP contribution in [0.3, 0.4) is 0 Å². The first kappa shape index (κ1) is 15.2. The predicted molar refractivity (Wildman–Crippen MR) is 65.5 cm³/mol. The maximum Gasteiger partial charge on any atom is 0.337 e. The van der Waals surface area contributed by atoms with E-state index in [0.717, 1.165) is 5.69 Å². The summed E-state index contributed by atoms with van der Waals surface area (Å²) in [7, 11) is 2.65. The average Bonchev–Trinajstić information content (AvgIpc) is 2.35. The van der Waals surface area contributed by atoms with Crippen LogP contribution in [0.25, 0.3) is 0 Å². The van der Waals surface area contributed by atoms with Gasteiger partial charge in [-0.1, -0.05) is 0 Å². The van der Waals surface area contributed by atoms with Crippen LogP contribution in [0.5, 0.6) is 0 Å². The quantitative estimate of drug-likeness (QED) is 0.830. The van der Waals surface area contributed by atoms with Gasteiger partial charge in [0.2, 0.25) is 0 Å². The number of hydrogen-bond acceptors (Lipinski definition) is 5. The molecule has 0 spiro atoms. The number of ether oxygens (including phenoxy) is 2. The van der Waals surface area contributed by atoms with Gasteiger partial charge in [0.05, 0.1) is 19.8 Å². The lowest BCUT2D eigenvalue weighted by Gasteiger charge is -2.05. The van der Waals surface area contributed by atoms with E-state index in [1.54, 1.807) is 24.3 Å². The number of carbonyl (C=O) groups is 2. The van der Waals surface area contributed by atoms with E-state index in [9.17, 15) is 9.59 Å². The molecule has 0 unspecified atom stereocenters. The maximum absolute atomic E-state index is 11.1. The number of methoxy groups -OCH3 is 2. The molecule has 0 saturated carbocycles. The second-order valence-electron chi connectivity index (χ2n) is 3.00. The fraction of sp³-hybridized carbons (Fsp3) is 0.273. The normalized spacial score (nSPS) is 8.82. The molecule has 0 saturated heterocycles. The van der Waals surface area contributed by atoms with Crippen LogP contribution >= 0.6 is 12.4 Å². The van der Waals surface area contributed by atoms with Crippen molar-refractivity contribution in [3.63, 3.8) is 0 Å². The molecule has 0 bridgehead atoms. The van der Waals surface area contributed by atoms with E-state index in [0.29, 0.717) is 5.56 Å². The highest BCUT2D eigenvalue weighted by atomic mass is 35.5. The molecule has 0 amide bonds. The summed E-state index contributed by atoms with van der Waals surface area (Å²) in [6, 6.07) is 6.61. The molecule has 0 aliphatic carbocycles. The topological polar surface area (TPSA) is 64.6 Å². The minimum Gasteiger partial charge on any atom is -0.468 e. The first-order chi connectivity index (χ1) is 7.67. The molecule has 17 heavy (non-hydrogen) atoms. The molecule has 0 aliphatic rings. The summed E-state index contributed by atoms with van der Waals surface area (Å²) >= 11 is 0. The molecule has 1 aromatic rings. The molecule has 0 radical (unpaired) electrons. The molecule has 1 rings (SSSR count). The number of rotatable bonds is 4. The van der Waals surface area contributed by atoms with Crippen molar-refractivity contribution >= 4 is 30.0 Å². The molecule has 0 heterocycles. The Bertz CT molecular complexity index is 378. The summed E-state index contributed by atoms with van der Waals surface area (Å²) in [6.45, 7) is 0.0913. The van der Waals surface area contributed by atoms with E-state index in [2.05, 4.69) is 14.8 Å². The molecule has 0 atom stereocenters. The van der Waals surface area contributed by atoms with Crippen molar-refractivity contribution < 1.29 is 19.1 Å². The zero-order valence-corrected chi connectivity index (χ0v) is 10.4. The molecule has 1 N–H and O–H groups in total. The third-order valence-electron chi connectivity index (χ3n) is 1.97. The molecule has 0 aromatic heterocycles. The van der Waals surface area contributed by atoms with Crippen LogP contribution in [0.15, 0.2) is 24.3 Å². The number of halogens is 1. The Labute approximate surface area is 106 Å². The van der Waals surface area contributed by atoms with Gasteiger partial charge in [-0.25, -0.2) is 4.79 Å². The molecule has 0 fully saturated rings. The molecule has 5 nitrogen and oxygen atoms in total. The number of benzene rings is 1. The SMILES string of the molecule is COC(=O)CNc1ccc(C(=O)OC)cc1.Cl.